The van der Waals surface area contributed by atoms with Crippen molar-refractivity contribution in [3.63, 3.8) is 0 Å². The lowest BCUT2D eigenvalue weighted by Crippen LogP contribution is -2.20. The molecule has 144 valence electrons. The fraction of sp³-hybridized carbons (Fsp3) is 0.571. The highest BCUT2D eigenvalue weighted by atomic mass is 16.2. The lowest BCUT2D eigenvalue weighted by molar-refractivity contribution is 0.0873. The minimum absolute atomic E-state index is 0.0822. The van der Waals surface area contributed by atoms with Crippen LogP contribution in [0.5, 0.6) is 0 Å². The van der Waals surface area contributed by atoms with Gasteiger partial charge in [-0.1, -0.05) is 20.8 Å². The summed E-state index contributed by atoms with van der Waals surface area (Å²) >= 11 is 0. The van der Waals surface area contributed by atoms with Crippen LogP contribution in [0, 0.1) is 0 Å². The van der Waals surface area contributed by atoms with E-state index in [1.165, 1.54) is 0 Å². The minimum Gasteiger partial charge on any atom is -0.332 e. The van der Waals surface area contributed by atoms with Gasteiger partial charge in [-0.3, -0.25) is 14.4 Å². The van der Waals surface area contributed by atoms with Crippen LogP contribution < -0.4 is 0 Å². The van der Waals surface area contributed by atoms with Crippen molar-refractivity contribution in [2.45, 2.75) is 58.2 Å². The van der Waals surface area contributed by atoms with E-state index >= 15 is 0 Å². The van der Waals surface area contributed by atoms with E-state index in [-0.39, 0.29) is 35.8 Å². The van der Waals surface area contributed by atoms with Crippen molar-refractivity contribution in [3.05, 3.63) is 34.9 Å². The lowest BCUT2D eigenvalue weighted by Gasteiger charge is -2.11. The molecule has 0 spiro atoms. The van der Waals surface area contributed by atoms with Crippen LogP contribution in [-0.4, -0.2) is 70.2 Å². The summed E-state index contributed by atoms with van der Waals surface area (Å²) in [6, 6.07) is 5.84. The van der Waals surface area contributed by atoms with E-state index in [0.29, 0.717) is 16.7 Å². The van der Waals surface area contributed by atoms with Gasteiger partial charge in [-0.2, -0.15) is 0 Å². The summed E-state index contributed by atoms with van der Waals surface area (Å²) in [5.41, 5.74) is 1.35. The SMILES string of the molecule is CC[C@@H]1CN1C(=O)c1cc(C(=O)N2C[C@H]2CC)cc(C(=O)N2C[C@@H]2CC)c1. The first-order chi connectivity index (χ1) is 13.0. The molecule has 1 aromatic carbocycles. The Hall–Kier alpha value is -2.37. The quantitative estimate of drug-likeness (QED) is 0.724. The van der Waals surface area contributed by atoms with Crippen LogP contribution >= 0.6 is 0 Å². The first kappa shape index (κ1) is 18.0. The number of benzene rings is 1. The van der Waals surface area contributed by atoms with Crippen LogP contribution in [-0.2, 0) is 0 Å². The molecule has 3 amide bonds. The second-order valence-corrected chi connectivity index (χ2v) is 7.86. The van der Waals surface area contributed by atoms with E-state index in [2.05, 4.69) is 20.8 Å². The van der Waals surface area contributed by atoms with Crippen LogP contribution in [0.3, 0.4) is 0 Å². The fourth-order valence-corrected chi connectivity index (χ4v) is 3.83. The molecule has 3 saturated heterocycles. The smallest absolute Gasteiger partial charge is 0.254 e. The van der Waals surface area contributed by atoms with Crippen molar-refractivity contribution in [2.75, 3.05) is 19.6 Å². The van der Waals surface area contributed by atoms with E-state index in [0.717, 1.165) is 38.9 Å². The summed E-state index contributed by atoms with van der Waals surface area (Å²) in [4.78, 5) is 43.8. The molecule has 0 radical (unpaired) electrons. The molecule has 0 aliphatic carbocycles. The third-order valence-corrected chi connectivity index (χ3v) is 6.01. The normalized spacial score (nSPS) is 25.4. The molecule has 3 aliphatic heterocycles. The van der Waals surface area contributed by atoms with Crippen LogP contribution in [0.25, 0.3) is 0 Å². The Morgan fingerprint density at radius 2 is 0.926 bits per heavy atom. The van der Waals surface area contributed by atoms with Crippen LogP contribution in [0.2, 0.25) is 0 Å². The van der Waals surface area contributed by atoms with Gasteiger partial charge in [0.2, 0.25) is 0 Å². The van der Waals surface area contributed by atoms with Gasteiger partial charge >= 0.3 is 0 Å². The molecule has 3 heterocycles. The summed E-state index contributed by atoms with van der Waals surface area (Å²) < 4.78 is 0. The predicted molar refractivity (Wildman–Crippen MR) is 102 cm³/mol. The molecular formula is C21H27N3O3. The second kappa shape index (κ2) is 6.66. The fourth-order valence-electron chi connectivity index (χ4n) is 3.83. The number of carbonyl (C=O) groups excluding carboxylic acids is 3. The molecule has 0 N–H and O–H groups in total. The number of amides is 3. The zero-order chi connectivity index (χ0) is 19.3. The average molecular weight is 369 g/mol. The average Bonchev–Trinajstić information content (AvgIpc) is 3.57. The number of nitrogens with zero attached hydrogens (tertiary/aromatic N) is 3. The molecular weight excluding hydrogens is 342 g/mol. The van der Waals surface area contributed by atoms with Gasteiger partial charge in [-0.15, -0.1) is 0 Å². The van der Waals surface area contributed by atoms with Crippen molar-refractivity contribution >= 4 is 17.7 Å². The van der Waals surface area contributed by atoms with Gasteiger partial charge < -0.3 is 14.7 Å². The Labute approximate surface area is 160 Å². The molecule has 27 heavy (non-hydrogen) atoms. The van der Waals surface area contributed by atoms with Crippen LogP contribution in [0.1, 0.15) is 71.1 Å². The van der Waals surface area contributed by atoms with Gasteiger partial charge in [0.05, 0.1) is 0 Å². The third-order valence-electron chi connectivity index (χ3n) is 6.01. The topological polar surface area (TPSA) is 60.2 Å². The first-order valence-corrected chi connectivity index (χ1v) is 10.1. The Morgan fingerprint density at radius 1 is 0.667 bits per heavy atom. The van der Waals surface area contributed by atoms with Crippen LogP contribution in [0.4, 0.5) is 0 Å². The minimum atomic E-state index is -0.0822. The number of hydrogen-bond donors (Lipinski definition) is 0. The van der Waals surface area contributed by atoms with Gasteiger partial charge in [0.1, 0.15) is 0 Å². The summed E-state index contributed by atoms with van der Waals surface area (Å²) in [5, 5.41) is 0. The maximum absolute atomic E-state index is 12.8. The van der Waals surface area contributed by atoms with Gasteiger partial charge in [0, 0.05) is 54.5 Å². The maximum atomic E-state index is 12.8. The van der Waals surface area contributed by atoms with Gasteiger partial charge in [0.15, 0.2) is 0 Å². The van der Waals surface area contributed by atoms with Gasteiger partial charge in [0.25, 0.3) is 17.7 Å². The van der Waals surface area contributed by atoms with Crippen molar-refractivity contribution in [3.8, 4) is 0 Å². The van der Waals surface area contributed by atoms with Crippen molar-refractivity contribution < 1.29 is 14.4 Å². The largest absolute Gasteiger partial charge is 0.332 e. The lowest BCUT2D eigenvalue weighted by atomic mass is 10.0. The molecule has 0 unspecified atom stereocenters. The Morgan fingerprint density at radius 3 is 1.11 bits per heavy atom. The van der Waals surface area contributed by atoms with E-state index in [9.17, 15) is 14.4 Å². The standard InChI is InChI=1S/C21H27N3O3/c1-4-16-10-22(16)19(25)13-7-14(20(26)23-11-17(23)5-2)9-15(8-13)21(27)24-12-18(24)6-3/h7-9,16-18H,4-6,10-12H2,1-3H3/t16-,17-,18+,22?,23?,24?/m1/s1. The molecule has 6 heteroatoms. The predicted octanol–water partition coefficient (Wildman–Crippen LogP) is 2.39. The summed E-state index contributed by atoms with van der Waals surface area (Å²) in [6.45, 7) is 8.44. The zero-order valence-electron chi connectivity index (χ0n) is 16.3. The van der Waals surface area contributed by atoms with E-state index < -0.39 is 0 Å². The molecule has 3 fully saturated rings. The Bertz CT molecular complexity index is 689. The maximum Gasteiger partial charge on any atom is 0.254 e. The molecule has 3 aliphatic rings. The zero-order valence-corrected chi connectivity index (χ0v) is 16.3. The summed E-state index contributed by atoms with van der Waals surface area (Å²) in [5.74, 6) is -0.247. The van der Waals surface area contributed by atoms with Gasteiger partial charge in [-0.05, 0) is 37.5 Å². The number of rotatable bonds is 6. The second-order valence-electron chi connectivity index (χ2n) is 7.86. The highest BCUT2D eigenvalue weighted by molar-refractivity contribution is 6.06. The Balaban J connectivity index is 1.63. The molecule has 0 aromatic heterocycles. The molecule has 1 aromatic rings. The third kappa shape index (κ3) is 3.33. The molecule has 3 atom stereocenters. The van der Waals surface area contributed by atoms with Crippen molar-refractivity contribution in [1.29, 1.82) is 0 Å². The monoisotopic (exact) mass is 369 g/mol. The molecule has 6 nitrogen and oxygen atoms in total. The number of carbonyl (C=O) groups is 3. The number of hydrogen-bond acceptors (Lipinski definition) is 3. The summed E-state index contributed by atoms with van der Waals surface area (Å²) in [6.07, 6.45) is 2.77. The highest BCUT2D eigenvalue weighted by Crippen LogP contribution is 2.29. The summed E-state index contributed by atoms with van der Waals surface area (Å²) in [7, 11) is 0. The van der Waals surface area contributed by atoms with Crippen LogP contribution in [0.15, 0.2) is 18.2 Å². The van der Waals surface area contributed by atoms with Gasteiger partial charge in [-0.25, -0.2) is 0 Å². The molecule has 0 bridgehead atoms. The van der Waals surface area contributed by atoms with Crippen molar-refractivity contribution in [2.24, 2.45) is 0 Å². The van der Waals surface area contributed by atoms with E-state index in [4.69, 9.17) is 0 Å². The first-order valence-electron chi connectivity index (χ1n) is 10.1. The van der Waals surface area contributed by atoms with Crippen molar-refractivity contribution in [1.82, 2.24) is 14.7 Å². The Kier molecular flexibility index (Phi) is 4.44. The molecule has 4 rings (SSSR count). The highest BCUT2D eigenvalue weighted by Gasteiger charge is 2.41. The van der Waals surface area contributed by atoms with E-state index in [1.54, 1.807) is 32.9 Å². The molecule has 0 saturated carbocycles. The van der Waals surface area contributed by atoms with E-state index in [1.807, 2.05) is 0 Å².